The van der Waals surface area contributed by atoms with Crippen LogP contribution in [-0.2, 0) is 9.53 Å². The van der Waals surface area contributed by atoms with Crippen LogP contribution in [0.3, 0.4) is 0 Å². The number of nitrogens with one attached hydrogen (secondary N) is 2. The predicted octanol–water partition coefficient (Wildman–Crippen LogP) is 1.97. The van der Waals surface area contributed by atoms with Gasteiger partial charge in [-0.15, -0.1) is 0 Å². The molecule has 0 radical (unpaired) electrons. The van der Waals surface area contributed by atoms with Gasteiger partial charge >= 0.3 is 0 Å². The Morgan fingerprint density at radius 2 is 2.20 bits per heavy atom. The maximum Gasteiger partial charge on any atom is 0.234 e. The molecule has 2 N–H and O–H groups in total. The topological polar surface area (TPSA) is 53.6 Å². The molecule has 0 aliphatic carbocycles. The van der Waals surface area contributed by atoms with Crippen LogP contribution < -0.4 is 10.6 Å². The van der Waals surface area contributed by atoms with E-state index in [9.17, 15) is 9.18 Å². The van der Waals surface area contributed by atoms with Gasteiger partial charge in [0, 0.05) is 25.6 Å². The van der Waals surface area contributed by atoms with Crippen molar-refractivity contribution in [3.63, 3.8) is 0 Å². The average molecular weight is 370 g/mol. The highest BCUT2D eigenvalue weighted by Crippen LogP contribution is 2.29. The molecular weight excluding hydrogens is 345 g/mol. The second kappa shape index (κ2) is 8.94. The molecule has 0 saturated carbocycles. The van der Waals surface area contributed by atoms with Gasteiger partial charge in [-0.05, 0) is 43.6 Å². The minimum Gasteiger partial charge on any atom is -0.372 e. The monoisotopic (exact) mass is 369 g/mol. The van der Waals surface area contributed by atoms with E-state index in [0.29, 0.717) is 26.2 Å². The molecule has 25 heavy (non-hydrogen) atoms. The van der Waals surface area contributed by atoms with Crippen LogP contribution in [0.1, 0.15) is 24.5 Å². The van der Waals surface area contributed by atoms with Gasteiger partial charge in [-0.3, -0.25) is 9.69 Å². The molecule has 1 aromatic carbocycles. The van der Waals surface area contributed by atoms with Crippen molar-refractivity contribution < 1.29 is 13.9 Å². The Morgan fingerprint density at radius 1 is 1.40 bits per heavy atom. The predicted molar refractivity (Wildman–Crippen MR) is 95.1 cm³/mol. The number of nitrogens with zero attached hydrogens (tertiary/aromatic N) is 1. The van der Waals surface area contributed by atoms with Gasteiger partial charge < -0.3 is 15.4 Å². The van der Waals surface area contributed by atoms with Gasteiger partial charge in [0.05, 0.1) is 24.3 Å². The van der Waals surface area contributed by atoms with Gasteiger partial charge in [-0.1, -0.05) is 17.7 Å². The van der Waals surface area contributed by atoms with E-state index >= 15 is 0 Å². The lowest BCUT2D eigenvalue weighted by Crippen LogP contribution is -2.41. The standard InChI is InChI=1S/C18H25ClFN3O2/c19-15-4-3-13(9-16(15)20)18-14(10-21-5-8-25-18)11-22-17(24)12-23-6-1-2-7-23/h3-4,9,14,18,21H,1-2,5-8,10-12H2,(H,22,24)/t14-,18-/m0/s1. The highest BCUT2D eigenvalue weighted by atomic mass is 35.5. The van der Waals surface area contributed by atoms with E-state index in [0.717, 1.165) is 38.0 Å². The Labute approximate surface area is 152 Å². The number of halogens is 2. The van der Waals surface area contributed by atoms with E-state index in [4.69, 9.17) is 16.3 Å². The van der Waals surface area contributed by atoms with Gasteiger partial charge in [-0.25, -0.2) is 4.39 Å². The van der Waals surface area contributed by atoms with Crippen molar-refractivity contribution in [3.05, 3.63) is 34.6 Å². The zero-order valence-corrected chi connectivity index (χ0v) is 15.0. The van der Waals surface area contributed by atoms with Crippen LogP contribution >= 0.6 is 11.6 Å². The molecule has 5 nitrogen and oxygen atoms in total. The second-order valence-electron chi connectivity index (χ2n) is 6.72. The molecule has 2 atom stereocenters. The van der Waals surface area contributed by atoms with Gasteiger partial charge in [0.1, 0.15) is 5.82 Å². The Bertz CT molecular complexity index is 596. The van der Waals surface area contributed by atoms with E-state index < -0.39 is 5.82 Å². The Morgan fingerprint density at radius 3 is 2.96 bits per heavy atom. The molecule has 7 heteroatoms. The molecule has 0 spiro atoms. The van der Waals surface area contributed by atoms with Crippen LogP contribution in [-0.4, -0.2) is 56.7 Å². The molecular formula is C18H25ClFN3O2. The molecule has 0 aromatic heterocycles. The third-order valence-electron chi connectivity index (χ3n) is 4.81. The highest BCUT2D eigenvalue weighted by molar-refractivity contribution is 6.30. The van der Waals surface area contributed by atoms with Gasteiger partial charge in [0.25, 0.3) is 0 Å². The fourth-order valence-corrected chi connectivity index (χ4v) is 3.59. The summed E-state index contributed by atoms with van der Waals surface area (Å²) in [6, 6.07) is 4.77. The number of ether oxygens (including phenoxy) is 1. The van der Waals surface area contributed by atoms with Crippen LogP contribution in [0.25, 0.3) is 0 Å². The zero-order valence-electron chi connectivity index (χ0n) is 14.3. The zero-order chi connectivity index (χ0) is 17.6. The van der Waals surface area contributed by atoms with E-state index in [-0.39, 0.29) is 23.0 Å². The fraction of sp³-hybridized carbons (Fsp3) is 0.611. The number of hydrogen-bond acceptors (Lipinski definition) is 4. The molecule has 2 heterocycles. The first kappa shape index (κ1) is 18.6. The SMILES string of the molecule is O=C(CN1CCCC1)NC[C@@H]1CNCCO[C@H]1c1ccc(Cl)c(F)c1. The summed E-state index contributed by atoms with van der Waals surface area (Å²) in [6.07, 6.45) is 2.06. The van der Waals surface area contributed by atoms with Crippen molar-refractivity contribution in [2.24, 2.45) is 5.92 Å². The van der Waals surface area contributed by atoms with E-state index in [2.05, 4.69) is 15.5 Å². The molecule has 2 aliphatic rings. The van der Waals surface area contributed by atoms with Crippen molar-refractivity contribution in [1.82, 2.24) is 15.5 Å². The first-order valence-electron chi connectivity index (χ1n) is 8.90. The summed E-state index contributed by atoms with van der Waals surface area (Å²) < 4.78 is 19.8. The lowest BCUT2D eigenvalue weighted by molar-refractivity contribution is -0.122. The summed E-state index contributed by atoms with van der Waals surface area (Å²) in [5.41, 5.74) is 0.754. The molecule has 3 rings (SSSR count). The van der Waals surface area contributed by atoms with Crippen LogP contribution in [0.4, 0.5) is 4.39 Å². The number of amides is 1. The first-order chi connectivity index (χ1) is 12.1. The minimum absolute atomic E-state index is 0.0330. The number of hydrogen-bond donors (Lipinski definition) is 2. The fourth-order valence-electron chi connectivity index (χ4n) is 3.47. The van der Waals surface area contributed by atoms with E-state index in [1.807, 2.05) is 0 Å². The number of carbonyl (C=O) groups excluding carboxylic acids is 1. The highest BCUT2D eigenvalue weighted by Gasteiger charge is 2.27. The smallest absolute Gasteiger partial charge is 0.234 e. The lowest BCUT2D eigenvalue weighted by atomic mass is 9.95. The average Bonchev–Trinajstić information content (AvgIpc) is 2.98. The van der Waals surface area contributed by atoms with Crippen molar-refractivity contribution in [2.45, 2.75) is 18.9 Å². The van der Waals surface area contributed by atoms with Crippen molar-refractivity contribution in [3.8, 4) is 0 Å². The Kier molecular flexibility index (Phi) is 6.64. The summed E-state index contributed by atoms with van der Waals surface area (Å²) in [6.45, 7) is 4.93. The number of carbonyl (C=O) groups is 1. The van der Waals surface area contributed by atoms with Gasteiger partial charge in [-0.2, -0.15) is 0 Å². The second-order valence-corrected chi connectivity index (χ2v) is 7.12. The summed E-state index contributed by atoms with van der Waals surface area (Å²) in [4.78, 5) is 14.3. The number of likely N-dealkylation sites (tertiary alicyclic amines) is 1. The summed E-state index contributed by atoms with van der Waals surface area (Å²) in [5.74, 6) is -0.380. The summed E-state index contributed by atoms with van der Waals surface area (Å²) >= 11 is 5.78. The van der Waals surface area contributed by atoms with Crippen LogP contribution in [0.5, 0.6) is 0 Å². The van der Waals surface area contributed by atoms with E-state index in [1.54, 1.807) is 12.1 Å². The molecule has 2 aliphatic heterocycles. The molecule has 0 unspecified atom stereocenters. The first-order valence-corrected chi connectivity index (χ1v) is 9.27. The van der Waals surface area contributed by atoms with E-state index in [1.165, 1.54) is 6.07 Å². The molecule has 138 valence electrons. The quantitative estimate of drug-likeness (QED) is 0.833. The molecule has 2 fully saturated rings. The maximum atomic E-state index is 13.8. The lowest BCUT2D eigenvalue weighted by Gasteiger charge is -2.26. The Hall–Kier alpha value is -1.21. The van der Waals surface area contributed by atoms with Crippen LogP contribution in [0, 0.1) is 11.7 Å². The summed E-state index contributed by atoms with van der Waals surface area (Å²) in [5, 5.41) is 6.43. The van der Waals surface area contributed by atoms with Gasteiger partial charge in [0.15, 0.2) is 0 Å². The molecule has 1 aromatic rings. The van der Waals surface area contributed by atoms with Crippen LogP contribution in [0.15, 0.2) is 18.2 Å². The molecule has 1 amide bonds. The van der Waals surface area contributed by atoms with Crippen LogP contribution in [0.2, 0.25) is 5.02 Å². The minimum atomic E-state index is -0.447. The largest absolute Gasteiger partial charge is 0.372 e. The van der Waals surface area contributed by atoms with Crippen molar-refractivity contribution in [1.29, 1.82) is 0 Å². The van der Waals surface area contributed by atoms with Gasteiger partial charge in [0.2, 0.25) is 5.91 Å². The van der Waals surface area contributed by atoms with Crippen molar-refractivity contribution in [2.75, 3.05) is 45.9 Å². The molecule has 2 saturated heterocycles. The Balaban J connectivity index is 1.61. The summed E-state index contributed by atoms with van der Waals surface area (Å²) in [7, 11) is 0. The number of rotatable bonds is 5. The third-order valence-corrected chi connectivity index (χ3v) is 5.12. The van der Waals surface area contributed by atoms with Crippen molar-refractivity contribution >= 4 is 17.5 Å². The third kappa shape index (κ3) is 5.14. The maximum absolute atomic E-state index is 13.8. The molecule has 0 bridgehead atoms. The number of benzene rings is 1. The normalized spacial score (nSPS) is 24.9.